The first-order chi connectivity index (χ1) is 11.9. The number of rotatable bonds is 6. The van der Waals surface area contributed by atoms with Crippen LogP contribution in [0.2, 0.25) is 0 Å². The van der Waals surface area contributed by atoms with Crippen LogP contribution in [0.5, 0.6) is 0 Å². The van der Waals surface area contributed by atoms with Gasteiger partial charge >= 0.3 is 0 Å². The molecular formula is C17H26FN3O3S. The molecule has 0 aromatic heterocycles. The summed E-state index contributed by atoms with van der Waals surface area (Å²) in [5.41, 5.74) is 0.751. The minimum absolute atomic E-state index is 0.268. The molecule has 0 spiro atoms. The summed E-state index contributed by atoms with van der Waals surface area (Å²) in [7, 11) is -3.25. The Morgan fingerprint density at radius 3 is 2.64 bits per heavy atom. The van der Waals surface area contributed by atoms with Gasteiger partial charge in [-0.25, -0.2) is 17.8 Å². The van der Waals surface area contributed by atoms with Crippen molar-refractivity contribution in [1.29, 1.82) is 0 Å². The standard InChI is InChI=1S/C17H26FN3O3S/c1-3-19-16(20-12-14-5-4-6-15(18)11-14)21-13-17(25(2,22)23)7-9-24-10-8-17/h4-6,11H,3,7-10,12-13H2,1-2H3,(H2,19,20,21). The summed E-state index contributed by atoms with van der Waals surface area (Å²) in [5.74, 6) is 0.213. The number of nitrogens with one attached hydrogen (secondary N) is 2. The number of benzene rings is 1. The monoisotopic (exact) mass is 371 g/mol. The molecule has 6 nitrogen and oxygen atoms in total. The van der Waals surface area contributed by atoms with Gasteiger partial charge in [-0.05, 0) is 37.5 Å². The molecule has 1 aromatic rings. The Morgan fingerprint density at radius 1 is 1.32 bits per heavy atom. The largest absolute Gasteiger partial charge is 0.381 e. The molecule has 1 aliphatic rings. The molecule has 140 valence electrons. The molecule has 0 radical (unpaired) electrons. The van der Waals surface area contributed by atoms with Gasteiger partial charge in [0.25, 0.3) is 0 Å². The van der Waals surface area contributed by atoms with Crippen LogP contribution in [0.4, 0.5) is 4.39 Å². The summed E-state index contributed by atoms with van der Waals surface area (Å²) in [6.07, 6.45) is 2.20. The van der Waals surface area contributed by atoms with E-state index in [2.05, 4.69) is 15.6 Å². The lowest BCUT2D eigenvalue weighted by Crippen LogP contribution is -2.53. The number of hydrogen-bond acceptors (Lipinski definition) is 4. The van der Waals surface area contributed by atoms with E-state index >= 15 is 0 Å². The summed E-state index contributed by atoms with van der Waals surface area (Å²) in [6, 6.07) is 6.26. The average molecular weight is 371 g/mol. The third-order valence-corrected chi connectivity index (χ3v) is 6.55. The number of aliphatic imine (C=N–C) groups is 1. The van der Waals surface area contributed by atoms with E-state index < -0.39 is 14.6 Å². The van der Waals surface area contributed by atoms with Gasteiger partial charge in [0, 0.05) is 32.6 Å². The maximum Gasteiger partial charge on any atom is 0.191 e. The van der Waals surface area contributed by atoms with Gasteiger partial charge in [-0.1, -0.05) is 12.1 Å². The fraction of sp³-hybridized carbons (Fsp3) is 0.588. The second-order valence-corrected chi connectivity index (χ2v) is 8.66. The lowest BCUT2D eigenvalue weighted by Gasteiger charge is -2.35. The van der Waals surface area contributed by atoms with Gasteiger partial charge in [0.05, 0.1) is 11.3 Å². The quantitative estimate of drug-likeness (QED) is 0.585. The maximum absolute atomic E-state index is 13.3. The Kier molecular flexibility index (Phi) is 6.78. The fourth-order valence-corrected chi connectivity index (χ4v) is 4.06. The number of guanidine groups is 1. The fourth-order valence-electron chi connectivity index (χ4n) is 2.81. The van der Waals surface area contributed by atoms with Gasteiger partial charge in [-0.2, -0.15) is 0 Å². The molecule has 0 aliphatic carbocycles. The number of hydrogen-bond donors (Lipinski definition) is 2. The average Bonchev–Trinajstić information content (AvgIpc) is 2.57. The molecule has 1 heterocycles. The first-order valence-corrected chi connectivity index (χ1v) is 10.3. The molecule has 1 fully saturated rings. The molecule has 2 N–H and O–H groups in total. The molecule has 2 rings (SSSR count). The third-order valence-electron chi connectivity index (χ3n) is 4.42. The molecule has 1 saturated heterocycles. The summed E-state index contributed by atoms with van der Waals surface area (Å²) in [5, 5.41) is 6.23. The van der Waals surface area contributed by atoms with Crippen LogP contribution in [0.3, 0.4) is 0 Å². The van der Waals surface area contributed by atoms with Crippen molar-refractivity contribution in [2.24, 2.45) is 4.99 Å². The number of sulfone groups is 1. The highest BCUT2D eigenvalue weighted by molar-refractivity contribution is 7.92. The van der Waals surface area contributed by atoms with Crippen molar-refractivity contribution in [3.63, 3.8) is 0 Å². The van der Waals surface area contributed by atoms with Crippen LogP contribution in [0.15, 0.2) is 29.3 Å². The summed E-state index contributed by atoms with van der Waals surface area (Å²) < 4.78 is 42.3. The summed E-state index contributed by atoms with van der Waals surface area (Å²) in [6.45, 7) is 4.02. The van der Waals surface area contributed by atoms with E-state index in [0.29, 0.717) is 45.1 Å². The molecule has 25 heavy (non-hydrogen) atoms. The van der Waals surface area contributed by atoms with Crippen LogP contribution in [0.1, 0.15) is 25.3 Å². The Morgan fingerprint density at radius 2 is 2.04 bits per heavy atom. The highest BCUT2D eigenvalue weighted by atomic mass is 32.2. The zero-order valence-electron chi connectivity index (χ0n) is 14.7. The van der Waals surface area contributed by atoms with Crippen molar-refractivity contribution < 1.29 is 17.5 Å². The van der Waals surface area contributed by atoms with Crippen molar-refractivity contribution in [1.82, 2.24) is 10.6 Å². The van der Waals surface area contributed by atoms with Gasteiger partial charge in [0.15, 0.2) is 15.8 Å². The first-order valence-electron chi connectivity index (χ1n) is 8.40. The topological polar surface area (TPSA) is 79.8 Å². The first kappa shape index (κ1) is 19.7. The smallest absolute Gasteiger partial charge is 0.191 e. The SMILES string of the molecule is CCNC(=NCc1cccc(F)c1)NCC1(S(C)(=O)=O)CCOCC1. The highest BCUT2D eigenvalue weighted by Crippen LogP contribution is 2.28. The predicted octanol–water partition coefficient (Wildman–Crippen LogP) is 1.47. The number of nitrogens with zero attached hydrogens (tertiary/aromatic N) is 1. The lowest BCUT2D eigenvalue weighted by molar-refractivity contribution is 0.0756. The van der Waals surface area contributed by atoms with Crippen molar-refractivity contribution in [2.75, 3.05) is 32.6 Å². The molecule has 0 bridgehead atoms. The summed E-state index contributed by atoms with van der Waals surface area (Å²) >= 11 is 0. The van der Waals surface area contributed by atoms with Gasteiger partial charge in [0.2, 0.25) is 0 Å². The predicted molar refractivity (Wildman–Crippen MR) is 96.8 cm³/mol. The van der Waals surface area contributed by atoms with Crippen LogP contribution in [-0.2, 0) is 21.1 Å². The zero-order valence-corrected chi connectivity index (χ0v) is 15.5. The molecule has 0 unspecified atom stereocenters. The van der Waals surface area contributed by atoms with E-state index in [1.807, 2.05) is 6.92 Å². The van der Waals surface area contributed by atoms with Gasteiger partial charge in [-0.3, -0.25) is 0 Å². The van der Waals surface area contributed by atoms with Crippen molar-refractivity contribution in [3.8, 4) is 0 Å². The van der Waals surface area contributed by atoms with Gasteiger partial charge in [-0.15, -0.1) is 0 Å². The van der Waals surface area contributed by atoms with Crippen molar-refractivity contribution in [3.05, 3.63) is 35.6 Å². The minimum atomic E-state index is -3.25. The van der Waals surface area contributed by atoms with Gasteiger partial charge < -0.3 is 15.4 Å². The zero-order chi connectivity index (χ0) is 18.3. The number of halogens is 1. The Balaban J connectivity index is 2.08. The molecule has 1 aromatic carbocycles. The van der Waals surface area contributed by atoms with E-state index in [9.17, 15) is 12.8 Å². The highest BCUT2D eigenvalue weighted by Gasteiger charge is 2.42. The Labute approximate surface area is 148 Å². The molecule has 1 aliphatic heterocycles. The second-order valence-electron chi connectivity index (χ2n) is 6.25. The maximum atomic E-state index is 13.3. The van der Waals surface area contributed by atoms with Gasteiger partial charge in [0.1, 0.15) is 5.82 Å². The minimum Gasteiger partial charge on any atom is -0.381 e. The normalized spacial score (nSPS) is 18.0. The van der Waals surface area contributed by atoms with E-state index in [1.165, 1.54) is 18.4 Å². The molecule has 0 atom stereocenters. The Hall–Kier alpha value is -1.67. The molecule has 8 heteroatoms. The molecule has 0 saturated carbocycles. The van der Waals surface area contributed by atoms with Crippen LogP contribution in [0, 0.1) is 5.82 Å². The Bertz CT molecular complexity index is 701. The molecule has 0 amide bonds. The van der Waals surface area contributed by atoms with Crippen LogP contribution in [-0.4, -0.2) is 51.7 Å². The van der Waals surface area contributed by atoms with Crippen molar-refractivity contribution >= 4 is 15.8 Å². The van der Waals surface area contributed by atoms with Crippen LogP contribution < -0.4 is 10.6 Å². The summed E-state index contributed by atoms with van der Waals surface area (Å²) in [4.78, 5) is 4.42. The van der Waals surface area contributed by atoms with Crippen molar-refractivity contribution in [2.45, 2.75) is 31.1 Å². The molecular weight excluding hydrogens is 345 g/mol. The van der Waals surface area contributed by atoms with Crippen LogP contribution >= 0.6 is 0 Å². The van der Waals surface area contributed by atoms with E-state index in [-0.39, 0.29) is 12.4 Å². The lowest BCUT2D eigenvalue weighted by atomic mass is 9.99. The second kappa shape index (κ2) is 8.62. The van der Waals surface area contributed by atoms with Crippen LogP contribution in [0.25, 0.3) is 0 Å². The third kappa shape index (κ3) is 5.40. The number of ether oxygens (including phenoxy) is 1. The van der Waals surface area contributed by atoms with E-state index in [0.717, 1.165) is 5.56 Å². The van der Waals surface area contributed by atoms with E-state index in [4.69, 9.17) is 4.74 Å². The van der Waals surface area contributed by atoms with E-state index in [1.54, 1.807) is 12.1 Å².